The topological polar surface area (TPSA) is 68.3 Å². The molecule has 0 bridgehead atoms. The van der Waals surface area contributed by atoms with Crippen molar-refractivity contribution in [2.75, 3.05) is 23.0 Å². The molecule has 0 heterocycles. The third-order valence-electron chi connectivity index (χ3n) is 2.04. The van der Waals surface area contributed by atoms with Gasteiger partial charge in [0.15, 0.2) is 0 Å². The van der Waals surface area contributed by atoms with Gasteiger partial charge in [0.1, 0.15) is 19.7 Å². The number of unbranched alkanes of at least 4 members (excludes halogenated alkanes) is 1. The van der Waals surface area contributed by atoms with Crippen LogP contribution in [0.5, 0.6) is 0 Å². The second kappa shape index (κ2) is 5.70. The van der Waals surface area contributed by atoms with E-state index in [2.05, 4.69) is 0 Å². The predicted molar refractivity (Wildman–Crippen MR) is 57.9 cm³/mol. The average molecular weight is 242 g/mol. The molecule has 6 heteroatoms. The summed E-state index contributed by atoms with van der Waals surface area (Å²) in [6.07, 6.45) is 0.880. The van der Waals surface area contributed by atoms with Crippen LogP contribution in [0, 0.1) is 0 Å². The van der Waals surface area contributed by atoms with Gasteiger partial charge in [0.2, 0.25) is 0 Å². The van der Waals surface area contributed by atoms with Crippen molar-refractivity contribution in [2.24, 2.45) is 0 Å². The van der Waals surface area contributed by atoms with Crippen LogP contribution in [0.3, 0.4) is 0 Å². The van der Waals surface area contributed by atoms with Gasteiger partial charge in [-0.05, 0) is 12.8 Å². The molecule has 0 aliphatic rings. The lowest BCUT2D eigenvalue weighted by molar-refractivity contribution is 0.586. The van der Waals surface area contributed by atoms with Gasteiger partial charge < -0.3 is 0 Å². The lowest BCUT2D eigenvalue weighted by atomic mass is 10.4. The maximum Gasteiger partial charge on any atom is 0.150 e. The lowest BCUT2D eigenvalue weighted by Gasteiger charge is -2.01. The highest BCUT2D eigenvalue weighted by Gasteiger charge is 2.10. The molecule has 4 nitrogen and oxygen atoms in total. The molecule has 0 aromatic heterocycles. The molecule has 0 atom stereocenters. The highest BCUT2D eigenvalue weighted by Crippen LogP contribution is 2.01. The Morgan fingerprint density at radius 2 is 1.00 bits per heavy atom. The zero-order valence-corrected chi connectivity index (χ0v) is 10.3. The van der Waals surface area contributed by atoms with Crippen LogP contribution in [0.15, 0.2) is 0 Å². The molecule has 0 spiro atoms. The summed E-state index contributed by atoms with van der Waals surface area (Å²) in [5.41, 5.74) is 0. The van der Waals surface area contributed by atoms with Gasteiger partial charge in [-0.3, -0.25) is 0 Å². The molecule has 0 fully saturated rings. The van der Waals surface area contributed by atoms with E-state index in [0.717, 1.165) is 0 Å². The van der Waals surface area contributed by atoms with Crippen molar-refractivity contribution in [3.63, 3.8) is 0 Å². The highest BCUT2D eigenvalue weighted by molar-refractivity contribution is 7.91. The van der Waals surface area contributed by atoms with E-state index in [1.165, 1.54) is 0 Å². The molecule has 0 aliphatic heterocycles. The number of sulfone groups is 2. The molecule has 0 N–H and O–H groups in total. The van der Waals surface area contributed by atoms with Gasteiger partial charge in [-0.2, -0.15) is 0 Å². The number of hydrogen-bond donors (Lipinski definition) is 0. The Labute approximate surface area is 86.5 Å². The Balaban J connectivity index is 3.79. The predicted octanol–water partition coefficient (Wildman–Crippen LogP) is 0.636. The van der Waals surface area contributed by atoms with Gasteiger partial charge >= 0.3 is 0 Å². The van der Waals surface area contributed by atoms with Crippen LogP contribution in [0.2, 0.25) is 0 Å². The molecule has 0 aromatic carbocycles. The quantitative estimate of drug-likeness (QED) is 0.614. The minimum Gasteiger partial charge on any atom is -0.229 e. The smallest absolute Gasteiger partial charge is 0.150 e. The summed E-state index contributed by atoms with van der Waals surface area (Å²) in [4.78, 5) is 0. The zero-order valence-electron chi connectivity index (χ0n) is 8.69. The van der Waals surface area contributed by atoms with Crippen molar-refractivity contribution in [2.45, 2.75) is 26.7 Å². The lowest BCUT2D eigenvalue weighted by Crippen LogP contribution is -2.12. The minimum atomic E-state index is -2.94. The van der Waals surface area contributed by atoms with E-state index in [9.17, 15) is 16.8 Å². The molecule has 14 heavy (non-hydrogen) atoms. The Hall–Kier alpha value is -0.100. The monoisotopic (exact) mass is 242 g/mol. The average Bonchev–Trinajstić information content (AvgIpc) is 2.13. The van der Waals surface area contributed by atoms with E-state index >= 15 is 0 Å². The van der Waals surface area contributed by atoms with Crippen LogP contribution in [0.1, 0.15) is 26.7 Å². The molecule has 86 valence electrons. The third-order valence-corrected chi connectivity index (χ3v) is 5.62. The zero-order chi connectivity index (χ0) is 11.2. The van der Waals surface area contributed by atoms with E-state index in [-0.39, 0.29) is 23.0 Å². The van der Waals surface area contributed by atoms with Gasteiger partial charge in [-0.15, -0.1) is 0 Å². The first-order chi connectivity index (χ1) is 6.33. The third kappa shape index (κ3) is 6.37. The molecule has 0 radical (unpaired) electrons. The first-order valence-corrected chi connectivity index (χ1v) is 8.38. The molecule has 0 unspecified atom stereocenters. The van der Waals surface area contributed by atoms with Crippen LogP contribution < -0.4 is 0 Å². The van der Waals surface area contributed by atoms with Crippen molar-refractivity contribution in [3.8, 4) is 0 Å². The molecule has 0 aliphatic carbocycles. The fourth-order valence-electron chi connectivity index (χ4n) is 0.933. The molecule has 0 rings (SSSR count). The maximum atomic E-state index is 11.0. The van der Waals surface area contributed by atoms with Crippen LogP contribution in [0.25, 0.3) is 0 Å². The maximum absolute atomic E-state index is 11.0. The Morgan fingerprint density at radius 1 is 0.714 bits per heavy atom. The van der Waals surface area contributed by atoms with Crippen LogP contribution in [-0.4, -0.2) is 39.8 Å². The SMILES string of the molecule is CCS(=O)(=O)CCCCS(=O)(=O)CC. The second-order valence-corrected chi connectivity index (χ2v) is 8.13. The standard InChI is InChI=1S/C8H18O4S2/c1-3-13(9,10)7-5-6-8-14(11,12)4-2/h3-8H2,1-2H3. The first-order valence-electron chi connectivity index (χ1n) is 4.74. The fraction of sp³-hybridized carbons (Fsp3) is 1.00. The molecule has 0 aromatic rings. The summed E-state index contributed by atoms with van der Waals surface area (Å²) < 4.78 is 44.2. The summed E-state index contributed by atoms with van der Waals surface area (Å²) in [6.45, 7) is 3.19. The Morgan fingerprint density at radius 3 is 1.21 bits per heavy atom. The summed E-state index contributed by atoms with van der Waals surface area (Å²) in [5.74, 6) is 0.465. The van der Waals surface area contributed by atoms with Gasteiger partial charge in [0.25, 0.3) is 0 Å². The summed E-state index contributed by atoms with van der Waals surface area (Å²) in [5, 5.41) is 0. The normalized spacial score (nSPS) is 13.0. The fourth-order valence-corrected chi connectivity index (χ4v) is 2.80. The van der Waals surface area contributed by atoms with E-state index in [4.69, 9.17) is 0 Å². The molecular formula is C8H18O4S2. The second-order valence-electron chi connectivity index (χ2n) is 3.18. The van der Waals surface area contributed by atoms with Crippen LogP contribution >= 0.6 is 0 Å². The number of hydrogen-bond acceptors (Lipinski definition) is 4. The Kier molecular flexibility index (Phi) is 5.66. The minimum absolute atomic E-state index is 0.0999. The van der Waals surface area contributed by atoms with Crippen molar-refractivity contribution in [1.82, 2.24) is 0 Å². The summed E-state index contributed by atoms with van der Waals surface area (Å²) in [7, 11) is -5.88. The van der Waals surface area contributed by atoms with Crippen molar-refractivity contribution < 1.29 is 16.8 Å². The van der Waals surface area contributed by atoms with Crippen LogP contribution in [0.4, 0.5) is 0 Å². The van der Waals surface area contributed by atoms with E-state index in [1.54, 1.807) is 13.8 Å². The van der Waals surface area contributed by atoms with E-state index in [1.807, 2.05) is 0 Å². The molecule has 0 saturated heterocycles. The van der Waals surface area contributed by atoms with E-state index < -0.39 is 19.7 Å². The van der Waals surface area contributed by atoms with Gasteiger partial charge in [-0.25, -0.2) is 16.8 Å². The van der Waals surface area contributed by atoms with E-state index in [0.29, 0.717) is 12.8 Å². The molecule has 0 amide bonds. The summed E-state index contributed by atoms with van der Waals surface area (Å²) in [6, 6.07) is 0. The van der Waals surface area contributed by atoms with Gasteiger partial charge in [0.05, 0.1) is 11.5 Å². The first kappa shape index (κ1) is 13.9. The summed E-state index contributed by atoms with van der Waals surface area (Å²) >= 11 is 0. The van der Waals surface area contributed by atoms with Crippen molar-refractivity contribution >= 4 is 19.7 Å². The molecule has 0 saturated carbocycles. The number of rotatable bonds is 7. The highest BCUT2D eigenvalue weighted by atomic mass is 32.2. The van der Waals surface area contributed by atoms with Crippen molar-refractivity contribution in [1.29, 1.82) is 0 Å². The molecular weight excluding hydrogens is 224 g/mol. The van der Waals surface area contributed by atoms with Crippen molar-refractivity contribution in [3.05, 3.63) is 0 Å². The van der Waals surface area contributed by atoms with Gasteiger partial charge in [-0.1, -0.05) is 13.8 Å². The van der Waals surface area contributed by atoms with Crippen LogP contribution in [-0.2, 0) is 19.7 Å². The van der Waals surface area contributed by atoms with Gasteiger partial charge in [0, 0.05) is 11.5 Å². The Bertz CT molecular complexity index is 304. The largest absolute Gasteiger partial charge is 0.229 e.